The molecule has 0 saturated carbocycles. The Morgan fingerprint density at radius 1 is 1.38 bits per heavy atom. The Bertz CT molecular complexity index is 579. The number of ether oxygens (including phenoxy) is 1. The van der Waals surface area contributed by atoms with Crippen molar-refractivity contribution >= 4 is 10.0 Å². The van der Waals surface area contributed by atoms with Gasteiger partial charge >= 0.3 is 0 Å². The molecule has 0 bridgehead atoms. The van der Waals surface area contributed by atoms with Gasteiger partial charge in [-0.3, -0.25) is 0 Å². The zero-order valence-electron chi connectivity index (χ0n) is 13.3. The fourth-order valence-corrected chi connectivity index (χ4v) is 3.55. The van der Waals surface area contributed by atoms with Gasteiger partial charge in [0.05, 0.1) is 17.6 Å². The lowest BCUT2D eigenvalue weighted by atomic mass is 9.95. The van der Waals surface area contributed by atoms with Crippen molar-refractivity contribution < 1.29 is 18.3 Å². The standard InChI is InChI=1S/C15H25NO4S/c1-11(2)9-15(4,17)10-16-21(18,19)13-6-7-14(20-5)12(3)8-13/h6-8,11,16-17H,9-10H2,1-5H3. The van der Waals surface area contributed by atoms with Gasteiger partial charge in [0.1, 0.15) is 5.75 Å². The fraction of sp³-hybridized carbons (Fsp3) is 0.600. The van der Waals surface area contributed by atoms with Gasteiger partial charge < -0.3 is 9.84 Å². The highest BCUT2D eigenvalue weighted by Gasteiger charge is 2.25. The van der Waals surface area contributed by atoms with Crippen molar-refractivity contribution in [1.82, 2.24) is 4.72 Å². The first-order valence-corrected chi connectivity index (χ1v) is 8.42. The summed E-state index contributed by atoms with van der Waals surface area (Å²) in [6.45, 7) is 7.37. The molecule has 0 heterocycles. The molecule has 21 heavy (non-hydrogen) atoms. The van der Waals surface area contributed by atoms with Gasteiger partial charge in [-0.25, -0.2) is 13.1 Å². The second-order valence-electron chi connectivity index (χ2n) is 6.05. The molecule has 1 rings (SSSR count). The minimum Gasteiger partial charge on any atom is -0.496 e. The minimum atomic E-state index is -3.64. The van der Waals surface area contributed by atoms with Crippen molar-refractivity contribution in [3.63, 3.8) is 0 Å². The smallest absolute Gasteiger partial charge is 0.240 e. The number of hydrogen-bond donors (Lipinski definition) is 2. The lowest BCUT2D eigenvalue weighted by Crippen LogP contribution is -2.41. The van der Waals surface area contributed by atoms with Crippen LogP contribution in [0.5, 0.6) is 5.75 Å². The zero-order chi connectivity index (χ0) is 16.3. The molecular formula is C15H25NO4S. The Balaban J connectivity index is 2.85. The van der Waals surface area contributed by atoms with Gasteiger partial charge in [-0.15, -0.1) is 0 Å². The summed E-state index contributed by atoms with van der Waals surface area (Å²) in [5.41, 5.74) is -0.322. The summed E-state index contributed by atoms with van der Waals surface area (Å²) in [6, 6.07) is 4.67. The van der Waals surface area contributed by atoms with E-state index in [0.717, 1.165) is 5.56 Å². The first kappa shape index (κ1) is 17.9. The van der Waals surface area contributed by atoms with Crippen LogP contribution in [-0.2, 0) is 10.0 Å². The molecule has 6 heteroatoms. The number of benzene rings is 1. The molecule has 0 aliphatic carbocycles. The quantitative estimate of drug-likeness (QED) is 0.808. The summed E-state index contributed by atoms with van der Waals surface area (Å²) in [7, 11) is -2.10. The van der Waals surface area contributed by atoms with Crippen molar-refractivity contribution in [1.29, 1.82) is 0 Å². The van der Waals surface area contributed by atoms with E-state index in [1.165, 1.54) is 13.2 Å². The molecule has 0 aliphatic rings. The summed E-state index contributed by atoms with van der Waals surface area (Å²) in [5.74, 6) is 0.925. The number of nitrogens with one attached hydrogen (secondary N) is 1. The summed E-state index contributed by atoms with van der Waals surface area (Å²) < 4.78 is 32.1. The number of rotatable bonds is 7. The van der Waals surface area contributed by atoms with E-state index in [2.05, 4.69) is 4.72 Å². The van der Waals surface area contributed by atoms with Gasteiger partial charge in [0.25, 0.3) is 0 Å². The van der Waals surface area contributed by atoms with Crippen LogP contribution in [-0.4, -0.2) is 32.8 Å². The first-order chi connectivity index (χ1) is 9.57. The van der Waals surface area contributed by atoms with E-state index in [0.29, 0.717) is 12.2 Å². The van der Waals surface area contributed by atoms with E-state index >= 15 is 0 Å². The molecule has 1 aromatic rings. The fourth-order valence-electron chi connectivity index (χ4n) is 2.30. The van der Waals surface area contributed by atoms with Crippen molar-refractivity contribution in [3.8, 4) is 5.75 Å². The molecule has 120 valence electrons. The number of hydrogen-bond acceptors (Lipinski definition) is 4. The SMILES string of the molecule is COc1ccc(S(=O)(=O)NCC(C)(O)CC(C)C)cc1C. The highest BCUT2D eigenvalue weighted by atomic mass is 32.2. The lowest BCUT2D eigenvalue weighted by Gasteiger charge is -2.25. The Hall–Kier alpha value is -1.11. The van der Waals surface area contributed by atoms with Crippen molar-refractivity contribution in [2.24, 2.45) is 5.92 Å². The van der Waals surface area contributed by atoms with Crippen LogP contribution in [0.15, 0.2) is 23.1 Å². The van der Waals surface area contributed by atoms with Crippen molar-refractivity contribution in [3.05, 3.63) is 23.8 Å². The molecular weight excluding hydrogens is 290 g/mol. The molecule has 5 nitrogen and oxygen atoms in total. The molecule has 0 saturated heterocycles. The highest BCUT2D eigenvalue weighted by molar-refractivity contribution is 7.89. The van der Waals surface area contributed by atoms with Crippen LogP contribution in [0.3, 0.4) is 0 Å². The first-order valence-electron chi connectivity index (χ1n) is 6.94. The number of aliphatic hydroxyl groups is 1. The van der Waals surface area contributed by atoms with Gasteiger partial charge in [0.2, 0.25) is 10.0 Å². The Morgan fingerprint density at radius 2 is 2.00 bits per heavy atom. The Labute approximate surface area is 127 Å². The summed E-state index contributed by atoms with van der Waals surface area (Å²) in [5, 5.41) is 10.2. The monoisotopic (exact) mass is 315 g/mol. The van der Waals surface area contributed by atoms with Gasteiger partial charge in [-0.05, 0) is 49.9 Å². The van der Waals surface area contributed by atoms with Crippen LogP contribution >= 0.6 is 0 Å². The number of sulfonamides is 1. The summed E-state index contributed by atoms with van der Waals surface area (Å²) in [6.07, 6.45) is 0.525. The van der Waals surface area contributed by atoms with Crippen LogP contribution in [0.2, 0.25) is 0 Å². The average molecular weight is 315 g/mol. The number of aryl methyl sites for hydroxylation is 1. The molecule has 1 aromatic carbocycles. The third-order valence-corrected chi connectivity index (χ3v) is 4.57. The van der Waals surface area contributed by atoms with Crippen LogP contribution in [0.25, 0.3) is 0 Å². The van der Waals surface area contributed by atoms with E-state index < -0.39 is 15.6 Å². The van der Waals surface area contributed by atoms with Crippen LogP contribution in [0.4, 0.5) is 0 Å². The van der Waals surface area contributed by atoms with Crippen molar-refractivity contribution in [2.75, 3.05) is 13.7 Å². The van der Waals surface area contributed by atoms with E-state index in [4.69, 9.17) is 4.74 Å². The maximum atomic E-state index is 12.3. The number of methoxy groups -OCH3 is 1. The van der Waals surface area contributed by atoms with Crippen molar-refractivity contribution in [2.45, 2.75) is 44.6 Å². The Morgan fingerprint density at radius 3 is 2.48 bits per heavy atom. The molecule has 2 N–H and O–H groups in total. The van der Waals surface area contributed by atoms with Crippen LogP contribution < -0.4 is 9.46 Å². The summed E-state index contributed by atoms with van der Waals surface area (Å²) >= 11 is 0. The third-order valence-electron chi connectivity index (χ3n) is 3.17. The molecule has 0 aromatic heterocycles. The average Bonchev–Trinajstić information content (AvgIpc) is 2.35. The molecule has 1 atom stereocenters. The second kappa shape index (κ2) is 6.77. The molecule has 0 amide bonds. The van der Waals surface area contributed by atoms with E-state index in [1.807, 2.05) is 13.8 Å². The van der Waals surface area contributed by atoms with E-state index in [-0.39, 0.29) is 17.4 Å². The van der Waals surface area contributed by atoms with Gasteiger partial charge in [0, 0.05) is 6.54 Å². The second-order valence-corrected chi connectivity index (χ2v) is 7.82. The zero-order valence-corrected chi connectivity index (χ0v) is 14.1. The predicted octanol–water partition coefficient (Wildman–Crippen LogP) is 2.08. The third kappa shape index (κ3) is 5.30. The van der Waals surface area contributed by atoms with Gasteiger partial charge in [-0.2, -0.15) is 0 Å². The molecule has 0 aliphatic heterocycles. The van der Waals surface area contributed by atoms with Crippen LogP contribution in [0, 0.1) is 12.8 Å². The molecule has 1 unspecified atom stereocenters. The maximum absolute atomic E-state index is 12.3. The van der Waals surface area contributed by atoms with Gasteiger partial charge in [-0.1, -0.05) is 13.8 Å². The maximum Gasteiger partial charge on any atom is 0.240 e. The topological polar surface area (TPSA) is 75.6 Å². The predicted molar refractivity (Wildman–Crippen MR) is 83.0 cm³/mol. The van der Waals surface area contributed by atoms with E-state index in [9.17, 15) is 13.5 Å². The summed E-state index contributed by atoms with van der Waals surface area (Å²) in [4.78, 5) is 0.168. The van der Waals surface area contributed by atoms with Gasteiger partial charge in [0.15, 0.2) is 0 Å². The largest absolute Gasteiger partial charge is 0.496 e. The highest BCUT2D eigenvalue weighted by Crippen LogP contribution is 2.22. The molecule has 0 radical (unpaired) electrons. The minimum absolute atomic E-state index is 0.0153. The molecule has 0 spiro atoms. The van der Waals surface area contributed by atoms with Crippen LogP contribution in [0.1, 0.15) is 32.8 Å². The lowest BCUT2D eigenvalue weighted by molar-refractivity contribution is 0.0437. The van der Waals surface area contributed by atoms with E-state index in [1.54, 1.807) is 26.0 Å². The Kier molecular flexibility index (Phi) is 5.78. The molecule has 0 fully saturated rings. The normalized spacial score (nSPS) is 15.0.